The van der Waals surface area contributed by atoms with Crippen molar-refractivity contribution in [2.75, 3.05) is 6.54 Å². The van der Waals surface area contributed by atoms with Crippen LogP contribution in [0.15, 0.2) is 42.6 Å². The summed E-state index contributed by atoms with van der Waals surface area (Å²) < 4.78 is 0. The van der Waals surface area contributed by atoms with Crippen molar-refractivity contribution in [2.24, 2.45) is 5.73 Å². The molecule has 0 aliphatic carbocycles. The molecule has 0 radical (unpaired) electrons. The number of rotatable bonds is 6. The van der Waals surface area contributed by atoms with Crippen LogP contribution < -0.4 is 5.73 Å². The Morgan fingerprint density at radius 1 is 1.20 bits per heavy atom. The van der Waals surface area contributed by atoms with E-state index in [1.807, 2.05) is 36.5 Å². The molecule has 0 aliphatic heterocycles. The SMILES string of the molecule is CCN(Cc1ccccn1)Cc1ccc(CN)cc1Cl. The Morgan fingerprint density at radius 2 is 2.05 bits per heavy atom. The monoisotopic (exact) mass is 289 g/mol. The van der Waals surface area contributed by atoms with Gasteiger partial charge in [0.25, 0.3) is 0 Å². The van der Waals surface area contributed by atoms with Gasteiger partial charge >= 0.3 is 0 Å². The molecule has 1 aromatic carbocycles. The lowest BCUT2D eigenvalue weighted by Gasteiger charge is -2.21. The van der Waals surface area contributed by atoms with Gasteiger partial charge in [-0.3, -0.25) is 9.88 Å². The molecule has 0 saturated carbocycles. The van der Waals surface area contributed by atoms with Crippen molar-refractivity contribution >= 4 is 11.6 Å². The lowest BCUT2D eigenvalue weighted by molar-refractivity contribution is 0.268. The molecule has 3 nitrogen and oxygen atoms in total. The first-order valence-corrected chi connectivity index (χ1v) is 7.20. The molecule has 1 aromatic heterocycles. The number of halogens is 1. The van der Waals surface area contributed by atoms with E-state index in [1.165, 1.54) is 0 Å². The Labute approximate surface area is 125 Å². The Morgan fingerprint density at radius 3 is 2.65 bits per heavy atom. The quantitative estimate of drug-likeness (QED) is 0.888. The minimum Gasteiger partial charge on any atom is -0.326 e. The van der Waals surface area contributed by atoms with Gasteiger partial charge in [0.1, 0.15) is 0 Å². The molecule has 2 aromatic rings. The van der Waals surface area contributed by atoms with Crippen molar-refractivity contribution in [3.05, 3.63) is 64.4 Å². The van der Waals surface area contributed by atoms with Gasteiger partial charge in [0, 0.05) is 30.9 Å². The Balaban J connectivity index is 2.06. The number of hydrogen-bond acceptors (Lipinski definition) is 3. The van der Waals surface area contributed by atoms with Crippen molar-refractivity contribution in [1.29, 1.82) is 0 Å². The summed E-state index contributed by atoms with van der Waals surface area (Å²) in [5.41, 5.74) is 8.88. The topological polar surface area (TPSA) is 42.2 Å². The lowest BCUT2D eigenvalue weighted by Crippen LogP contribution is -2.23. The van der Waals surface area contributed by atoms with Crippen molar-refractivity contribution in [1.82, 2.24) is 9.88 Å². The maximum atomic E-state index is 6.31. The van der Waals surface area contributed by atoms with Gasteiger partial charge in [-0.15, -0.1) is 0 Å². The summed E-state index contributed by atoms with van der Waals surface area (Å²) >= 11 is 6.31. The van der Waals surface area contributed by atoms with E-state index in [0.717, 1.165) is 41.5 Å². The number of nitrogens with two attached hydrogens (primary N) is 1. The largest absolute Gasteiger partial charge is 0.326 e. The van der Waals surface area contributed by atoms with Crippen molar-refractivity contribution in [2.45, 2.75) is 26.6 Å². The summed E-state index contributed by atoms with van der Waals surface area (Å²) in [6.45, 7) is 5.26. The fourth-order valence-electron chi connectivity index (χ4n) is 2.09. The minimum absolute atomic E-state index is 0.519. The molecule has 0 unspecified atom stereocenters. The highest BCUT2D eigenvalue weighted by molar-refractivity contribution is 6.31. The highest BCUT2D eigenvalue weighted by Crippen LogP contribution is 2.20. The van der Waals surface area contributed by atoms with Crippen LogP contribution in [0.4, 0.5) is 0 Å². The van der Waals surface area contributed by atoms with Crippen LogP contribution in [0.25, 0.3) is 0 Å². The smallest absolute Gasteiger partial charge is 0.0544 e. The molecule has 2 N–H and O–H groups in total. The summed E-state index contributed by atoms with van der Waals surface area (Å²) in [4.78, 5) is 6.68. The molecule has 20 heavy (non-hydrogen) atoms. The number of aromatic nitrogens is 1. The highest BCUT2D eigenvalue weighted by Gasteiger charge is 2.08. The predicted molar refractivity (Wildman–Crippen MR) is 83.4 cm³/mol. The zero-order valence-corrected chi connectivity index (χ0v) is 12.5. The van der Waals surface area contributed by atoms with E-state index in [0.29, 0.717) is 6.54 Å². The second kappa shape index (κ2) is 7.39. The van der Waals surface area contributed by atoms with Crippen LogP contribution in [0.3, 0.4) is 0 Å². The summed E-state index contributed by atoms with van der Waals surface area (Å²) in [7, 11) is 0. The van der Waals surface area contributed by atoms with Gasteiger partial charge in [0.15, 0.2) is 0 Å². The second-order valence-corrected chi connectivity index (χ2v) is 5.16. The van der Waals surface area contributed by atoms with Crippen molar-refractivity contribution in [3.8, 4) is 0 Å². The van der Waals surface area contributed by atoms with Crippen LogP contribution in [-0.2, 0) is 19.6 Å². The standard InChI is InChI=1S/C16H20ClN3/c1-2-20(12-15-5-3-4-8-19-15)11-14-7-6-13(10-18)9-16(14)17/h3-9H,2,10-12,18H2,1H3. The zero-order valence-electron chi connectivity index (χ0n) is 11.7. The molecule has 1 heterocycles. The van der Waals surface area contributed by atoms with E-state index in [2.05, 4.69) is 22.9 Å². The average Bonchev–Trinajstić information content (AvgIpc) is 2.49. The number of hydrogen-bond donors (Lipinski definition) is 1. The number of pyridine rings is 1. The fourth-order valence-corrected chi connectivity index (χ4v) is 2.35. The maximum Gasteiger partial charge on any atom is 0.0544 e. The predicted octanol–water partition coefficient (Wildman–Crippen LogP) is 3.22. The average molecular weight is 290 g/mol. The van der Waals surface area contributed by atoms with Gasteiger partial charge in [0.05, 0.1) is 5.69 Å². The summed E-state index contributed by atoms with van der Waals surface area (Å²) in [6.07, 6.45) is 1.83. The first-order valence-electron chi connectivity index (χ1n) is 6.82. The third-order valence-corrected chi connectivity index (χ3v) is 3.66. The van der Waals surface area contributed by atoms with Crippen LogP contribution in [0.1, 0.15) is 23.7 Å². The van der Waals surface area contributed by atoms with Crippen molar-refractivity contribution < 1.29 is 0 Å². The maximum absolute atomic E-state index is 6.31. The molecule has 106 valence electrons. The first kappa shape index (κ1) is 15.0. The van der Waals surface area contributed by atoms with E-state index in [1.54, 1.807) is 0 Å². The normalized spacial score (nSPS) is 11.0. The molecule has 0 spiro atoms. The van der Waals surface area contributed by atoms with E-state index in [4.69, 9.17) is 17.3 Å². The number of benzene rings is 1. The van der Waals surface area contributed by atoms with Crippen LogP contribution >= 0.6 is 11.6 Å². The number of nitrogens with zero attached hydrogens (tertiary/aromatic N) is 2. The fraction of sp³-hybridized carbons (Fsp3) is 0.312. The van der Waals surface area contributed by atoms with Crippen LogP contribution in [-0.4, -0.2) is 16.4 Å². The third-order valence-electron chi connectivity index (χ3n) is 3.31. The summed E-state index contributed by atoms with van der Waals surface area (Å²) in [5, 5.41) is 0.785. The summed E-state index contributed by atoms with van der Waals surface area (Å²) in [6, 6.07) is 12.0. The Hall–Kier alpha value is -1.42. The Kier molecular flexibility index (Phi) is 5.53. The molecule has 0 fully saturated rings. The van der Waals surface area contributed by atoms with E-state index >= 15 is 0 Å². The molecule has 0 bridgehead atoms. The zero-order chi connectivity index (χ0) is 14.4. The van der Waals surface area contributed by atoms with E-state index < -0.39 is 0 Å². The van der Waals surface area contributed by atoms with Gasteiger partial charge in [-0.2, -0.15) is 0 Å². The second-order valence-electron chi connectivity index (χ2n) is 4.75. The minimum atomic E-state index is 0.519. The van der Waals surface area contributed by atoms with Gasteiger partial charge < -0.3 is 5.73 Å². The molecule has 0 amide bonds. The van der Waals surface area contributed by atoms with Gasteiger partial charge in [-0.05, 0) is 35.9 Å². The lowest BCUT2D eigenvalue weighted by atomic mass is 10.1. The van der Waals surface area contributed by atoms with Crippen LogP contribution in [0.5, 0.6) is 0 Å². The van der Waals surface area contributed by atoms with Crippen molar-refractivity contribution in [3.63, 3.8) is 0 Å². The molecule has 0 aliphatic rings. The molecule has 2 rings (SSSR count). The van der Waals surface area contributed by atoms with Gasteiger partial charge in [-0.1, -0.05) is 36.7 Å². The van der Waals surface area contributed by atoms with Crippen LogP contribution in [0, 0.1) is 0 Å². The molecule has 0 saturated heterocycles. The van der Waals surface area contributed by atoms with Gasteiger partial charge in [0.2, 0.25) is 0 Å². The first-order chi connectivity index (χ1) is 9.72. The molecule has 4 heteroatoms. The molecular weight excluding hydrogens is 270 g/mol. The van der Waals surface area contributed by atoms with Gasteiger partial charge in [-0.25, -0.2) is 0 Å². The third kappa shape index (κ3) is 4.04. The highest BCUT2D eigenvalue weighted by atomic mass is 35.5. The molecule has 0 atom stereocenters. The van der Waals surface area contributed by atoms with E-state index in [-0.39, 0.29) is 0 Å². The molecular formula is C16H20ClN3. The van der Waals surface area contributed by atoms with E-state index in [9.17, 15) is 0 Å². The van der Waals surface area contributed by atoms with Crippen LogP contribution in [0.2, 0.25) is 5.02 Å². The Bertz CT molecular complexity index is 543. The summed E-state index contributed by atoms with van der Waals surface area (Å²) in [5.74, 6) is 0.